The maximum Gasteiger partial charge on any atom is 0.228 e. The van der Waals surface area contributed by atoms with Gasteiger partial charge in [-0.25, -0.2) is 27.9 Å². The zero-order chi connectivity index (χ0) is 28.3. The quantitative estimate of drug-likeness (QED) is 0.252. The van der Waals surface area contributed by atoms with Gasteiger partial charge in [0.05, 0.1) is 22.7 Å². The molecule has 1 aliphatic rings. The first kappa shape index (κ1) is 29.0. The van der Waals surface area contributed by atoms with Crippen molar-refractivity contribution in [3.63, 3.8) is 0 Å². The van der Waals surface area contributed by atoms with Crippen LogP contribution >= 0.6 is 0 Å². The largest absolute Gasteiger partial charge is 0.435 e. The highest BCUT2D eigenvalue weighted by Gasteiger charge is 2.19. The molecule has 3 N–H and O–H groups in total. The van der Waals surface area contributed by atoms with E-state index in [0.717, 1.165) is 24.9 Å². The normalized spacial score (nSPS) is 15.3. The molecule has 5 rings (SSSR count). The average molecular weight is 571 g/mol. The lowest BCUT2D eigenvalue weighted by molar-refractivity contribution is 0.266. The summed E-state index contributed by atoms with van der Waals surface area (Å²) in [5.74, 6) is -2.22. The summed E-state index contributed by atoms with van der Waals surface area (Å²) in [6.07, 6.45) is 4.21. The van der Waals surface area contributed by atoms with Gasteiger partial charge >= 0.3 is 0 Å². The lowest BCUT2D eigenvalue weighted by Gasteiger charge is -2.14. The molecule has 1 fully saturated rings. The molecule has 40 heavy (non-hydrogen) atoms. The van der Waals surface area contributed by atoms with Crippen molar-refractivity contribution < 1.29 is 22.1 Å². The fourth-order valence-electron chi connectivity index (χ4n) is 3.78. The number of ether oxygens (including phenoxy) is 1. The molecule has 2 atom stereocenters. The fraction of sp³-hybridized carbons (Fsp3) is 0.250. The van der Waals surface area contributed by atoms with Crippen molar-refractivity contribution in [1.29, 1.82) is 0 Å². The molecule has 0 bridgehead atoms. The highest BCUT2D eigenvalue weighted by molar-refractivity contribution is 7.85. The molecule has 0 spiro atoms. The van der Waals surface area contributed by atoms with E-state index in [1.165, 1.54) is 18.3 Å². The maximum atomic E-state index is 14.8. The molecule has 2 unspecified atom stereocenters. The Balaban J connectivity index is 0.000000461. The van der Waals surface area contributed by atoms with E-state index in [4.69, 9.17) is 4.74 Å². The Morgan fingerprint density at radius 3 is 2.55 bits per heavy atom. The summed E-state index contributed by atoms with van der Waals surface area (Å²) in [4.78, 5) is 12.5. The topological polar surface area (TPSA) is 101 Å². The van der Waals surface area contributed by atoms with E-state index < -0.39 is 28.8 Å². The van der Waals surface area contributed by atoms with E-state index in [2.05, 4.69) is 30.3 Å². The minimum absolute atomic E-state index is 0.0462. The summed E-state index contributed by atoms with van der Waals surface area (Å²) in [6, 6.07) is 16.6. The number of pyridine rings is 1. The van der Waals surface area contributed by atoms with Crippen molar-refractivity contribution in [2.24, 2.45) is 0 Å². The van der Waals surface area contributed by atoms with Crippen molar-refractivity contribution in [1.82, 2.24) is 20.3 Å². The van der Waals surface area contributed by atoms with Crippen LogP contribution in [0.3, 0.4) is 0 Å². The first-order valence-corrected chi connectivity index (χ1v) is 13.9. The molecule has 0 saturated carbocycles. The van der Waals surface area contributed by atoms with Crippen LogP contribution in [0.1, 0.15) is 18.4 Å². The van der Waals surface area contributed by atoms with Gasteiger partial charge in [-0.1, -0.05) is 30.3 Å². The summed E-state index contributed by atoms with van der Waals surface area (Å²) in [7, 11) is 0.0341. The summed E-state index contributed by atoms with van der Waals surface area (Å²) < 4.78 is 62.0. The number of hydrogen-bond donors (Lipinski definition) is 3. The summed E-state index contributed by atoms with van der Waals surface area (Å²) in [6.45, 7) is 1.57. The van der Waals surface area contributed by atoms with E-state index in [1.54, 1.807) is 43.6 Å². The number of benzene rings is 2. The lowest BCUT2D eigenvalue weighted by Crippen LogP contribution is -2.30. The summed E-state index contributed by atoms with van der Waals surface area (Å²) in [5, 5.41) is 5.79. The number of nitrogens with one attached hydrogen (secondary N) is 3. The predicted molar refractivity (Wildman–Crippen MR) is 150 cm³/mol. The first-order chi connectivity index (χ1) is 19.4. The van der Waals surface area contributed by atoms with Crippen molar-refractivity contribution in [2.45, 2.75) is 24.8 Å². The molecule has 0 aliphatic carbocycles. The molecule has 1 saturated heterocycles. The van der Waals surface area contributed by atoms with Gasteiger partial charge in [-0.05, 0) is 55.3 Å². The van der Waals surface area contributed by atoms with Gasteiger partial charge in [0.15, 0.2) is 11.6 Å². The zero-order valence-electron chi connectivity index (χ0n) is 21.7. The van der Waals surface area contributed by atoms with Crippen LogP contribution in [0.2, 0.25) is 0 Å². The van der Waals surface area contributed by atoms with Crippen molar-refractivity contribution >= 4 is 22.6 Å². The molecule has 2 aromatic heterocycles. The lowest BCUT2D eigenvalue weighted by atomic mass is 10.1. The van der Waals surface area contributed by atoms with E-state index in [1.807, 2.05) is 18.2 Å². The first-order valence-electron chi connectivity index (χ1n) is 12.6. The second-order valence-electron chi connectivity index (χ2n) is 8.73. The van der Waals surface area contributed by atoms with Crippen LogP contribution in [0, 0.1) is 11.6 Å². The second kappa shape index (κ2) is 14.4. The van der Waals surface area contributed by atoms with Crippen LogP contribution in [0.4, 0.5) is 24.8 Å². The Hall–Kier alpha value is -4.03. The molecule has 1 aliphatic heterocycles. The Labute approximate surface area is 233 Å². The number of hydrogen-bond acceptors (Lipinski definition) is 7. The number of aromatic nitrogens is 3. The van der Waals surface area contributed by atoms with E-state index in [9.17, 15) is 17.4 Å². The molecule has 210 valence electrons. The number of halogens is 3. The fourth-order valence-corrected chi connectivity index (χ4v) is 4.75. The van der Waals surface area contributed by atoms with Gasteiger partial charge < -0.3 is 20.1 Å². The molecule has 4 aromatic rings. The van der Waals surface area contributed by atoms with Gasteiger partial charge in [-0.3, -0.25) is 0 Å². The maximum absolute atomic E-state index is 14.8. The van der Waals surface area contributed by atoms with Crippen LogP contribution in [-0.4, -0.2) is 45.5 Å². The number of piperidine rings is 1. The van der Waals surface area contributed by atoms with Gasteiger partial charge in [-0.15, -0.1) is 0 Å². The van der Waals surface area contributed by atoms with Crippen LogP contribution in [0.15, 0.2) is 73.1 Å². The highest BCUT2D eigenvalue weighted by Crippen LogP contribution is 2.34. The Morgan fingerprint density at radius 1 is 1.02 bits per heavy atom. The smallest absolute Gasteiger partial charge is 0.228 e. The summed E-state index contributed by atoms with van der Waals surface area (Å²) in [5.41, 5.74) is 1.54. The molecule has 0 amide bonds. The third-order valence-electron chi connectivity index (χ3n) is 5.78. The molecule has 12 heteroatoms. The molecular weight excluding hydrogens is 541 g/mol. The molecule has 0 radical (unpaired) electrons. The minimum Gasteiger partial charge on any atom is -0.435 e. The van der Waals surface area contributed by atoms with Gasteiger partial charge in [-0.2, -0.15) is 4.39 Å². The van der Waals surface area contributed by atoms with Crippen molar-refractivity contribution in [3.05, 3.63) is 90.3 Å². The summed E-state index contributed by atoms with van der Waals surface area (Å²) >= 11 is 0. The van der Waals surface area contributed by atoms with Crippen LogP contribution in [-0.2, 0) is 16.7 Å². The zero-order valence-corrected chi connectivity index (χ0v) is 22.6. The SMILES string of the molecule is CNc1nccc(-c2cccnc2Oc2ccc(NS(=O)Cc3ccccc3)c(F)c2F)n1.FC1CCCNC1. The highest BCUT2D eigenvalue weighted by atomic mass is 32.2. The number of nitrogens with zero attached hydrogens (tertiary/aromatic N) is 3. The molecule has 8 nitrogen and oxygen atoms in total. The minimum atomic E-state index is -1.65. The second-order valence-corrected chi connectivity index (χ2v) is 9.92. The van der Waals surface area contributed by atoms with Crippen LogP contribution in [0.5, 0.6) is 11.6 Å². The Bertz CT molecular complexity index is 1420. The number of alkyl halides is 1. The van der Waals surface area contributed by atoms with E-state index >= 15 is 0 Å². The van der Waals surface area contributed by atoms with Gasteiger partial charge in [0.1, 0.15) is 17.2 Å². The van der Waals surface area contributed by atoms with E-state index in [0.29, 0.717) is 23.8 Å². The monoisotopic (exact) mass is 570 g/mol. The average Bonchev–Trinajstić information content (AvgIpc) is 2.98. The van der Waals surface area contributed by atoms with Crippen LogP contribution < -0.4 is 20.1 Å². The standard InChI is InChI=1S/C23H19F2N5O2S.C5H10FN/c1-26-23-28-13-11-17(29-23)16-8-5-12-27-22(16)32-19-10-9-18(20(24)21(19)25)30-33(31)14-15-6-3-2-4-7-15;6-5-2-1-3-7-4-5/h2-13,30H,14H2,1H3,(H,26,28,29);5,7H,1-4H2. The molecular formula is C28H29F3N6O2S. The van der Waals surface area contributed by atoms with Crippen molar-refractivity contribution in [2.75, 3.05) is 30.2 Å². The van der Waals surface area contributed by atoms with Crippen LogP contribution in [0.25, 0.3) is 11.3 Å². The molecule has 2 aromatic carbocycles. The predicted octanol–water partition coefficient (Wildman–Crippen LogP) is 5.63. The number of rotatable bonds is 8. The third-order valence-corrected chi connectivity index (χ3v) is 6.82. The van der Waals surface area contributed by atoms with E-state index in [-0.39, 0.29) is 23.1 Å². The van der Waals surface area contributed by atoms with Crippen molar-refractivity contribution in [3.8, 4) is 22.9 Å². The number of anilines is 2. The Morgan fingerprint density at radius 2 is 1.85 bits per heavy atom. The van der Waals surface area contributed by atoms with Gasteiger partial charge in [0.2, 0.25) is 17.6 Å². The van der Waals surface area contributed by atoms with Gasteiger partial charge in [0, 0.05) is 26.0 Å². The molecule has 3 heterocycles. The van der Waals surface area contributed by atoms with Gasteiger partial charge in [0.25, 0.3) is 0 Å². The Kier molecular flexibility index (Phi) is 10.4. The third kappa shape index (κ3) is 7.99.